The molecule has 0 amide bonds. The van der Waals surface area contributed by atoms with E-state index < -0.39 is 6.04 Å². The molecule has 0 spiro atoms. The Kier molecular flexibility index (Phi) is 3.41. The number of nitrogens with two attached hydrogens (primary N) is 1. The van der Waals surface area contributed by atoms with Gasteiger partial charge in [-0.2, -0.15) is 10.5 Å². The summed E-state index contributed by atoms with van der Waals surface area (Å²) in [5.74, 6) is 0. The van der Waals surface area contributed by atoms with Gasteiger partial charge < -0.3 is 5.73 Å². The van der Waals surface area contributed by atoms with Crippen LogP contribution in [0, 0.1) is 22.7 Å². The van der Waals surface area contributed by atoms with Gasteiger partial charge in [0.15, 0.2) is 0 Å². The summed E-state index contributed by atoms with van der Waals surface area (Å²) in [6, 6.07) is 4.85. The Morgan fingerprint density at radius 2 is 2.29 bits per heavy atom. The van der Waals surface area contributed by atoms with Crippen LogP contribution in [0.25, 0.3) is 0 Å². The first-order chi connectivity index (χ1) is 6.69. The zero-order chi connectivity index (χ0) is 10.6. The molecule has 70 valence electrons. The Balaban J connectivity index is 3.10. The average Bonchev–Trinajstić information content (AvgIpc) is 2.17. The van der Waals surface area contributed by atoms with E-state index in [1.165, 1.54) is 12.3 Å². The SMILES string of the molecule is N#CC[C@H](N)c1cnc(Cl)cc1C#N. The summed E-state index contributed by atoms with van der Waals surface area (Å²) >= 11 is 5.61. The number of rotatable bonds is 2. The molecule has 0 radical (unpaired) electrons. The molecule has 1 aromatic rings. The van der Waals surface area contributed by atoms with Crippen molar-refractivity contribution < 1.29 is 0 Å². The van der Waals surface area contributed by atoms with E-state index >= 15 is 0 Å². The minimum atomic E-state index is -0.487. The van der Waals surface area contributed by atoms with E-state index in [0.29, 0.717) is 11.1 Å². The van der Waals surface area contributed by atoms with Gasteiger partial charge in [0, 0.05) is 17.8 Å². The van der Waals surface area contributed by atoms with Gasteiger partial charge in [0.2, 0.25) is 0 Å². The second kappa shape index (κ2) is 4.57. The zero-order valence-corrected chi connectivity index (χ0v) is 7.99. The van der Waals surface area contributed by atoms with Crippen molar-refractivity contribution in [1.82, 2.24) is 4.98 Å². The number of halogens is 1. The molecule has 1 heterocycles. The lowest BCUT2D eigenvalue weighted by molar-refractivity contribution is 0.741. The molecule has 0 unspecified atom stereocenters. The molecule has 0 saturated carbocycles. The maximum Gasteiger partial charge on any atom is 0.130 e. The van der Waals surface area contributed by atoms with Crippen LogP contribution in [-0.4, -0.2) is 4.98 Å². The van der Waals surface area contributed by atoms with Gasteiger partial charge in [0.25, 0.3) is 0 Å². The van der Waals surface area contributed by atoms with E-state index in [1.807, 2.05) is 12.1 Å². The third-order valence-electron chi connectivity index (χ3n) is 1.73. The van der Waals surface area contributed by atoms with Crippen LogP contribution in [0.4, 0.5) is 0 Å². The maximum absolute atomic E-state index is 8.79. The Morgan fingerprint density at radius 1 is 1.57 bits per heavy atom. The molecule has 0 aliphatic rings. The summed E-state index contributed by atoms with van der Waals surface area (Å²) in [4.78, 5) is 3.82. The lowest BCUT2D eigenvalue weighted by atomic mass is 10.0. The summed E-state index contributed by atoms with van der Waals surface area (Å²) < 4.78 is 0. The van der Waals surface area contributed by atoms with Gasteiger partial charge in [-0.1, -0.05) is 11.6 Å². The van der Waals surface area contributed by atoms with E-state index in [9.17, 15) is 0 Å². The summed E-state index contributed by atoms with van der Waals surface area (Å²) in [5.41, 5.74) is 6.60. The third-order valence-corrected chi connectivity index (χ3v) is 1.94. The van der Waals surface area contributed by atoms with Crippen LogP contribution in [0.1, 0.15) is 23.6 Å². The summed E-state index contributed by atoms with van der Waals surface area (Å²) in [6.07, 6.45) is 1.58. The minimum absolute atomic E-state index is 0.151. The van der Waals surface area contributed by atoms with Crippen molar-refractivity contribution in [2.45, 2.75) is 12.5 Å². The molecule has 14 heavy (non-hydrogen) atoms. The van der Waals surface area contributed by atoms with Crippen molar-refractivity contribution in [2.75, 3.05) is 0 Å². The molecule has 0 fully saturated rings. The van der Waals surface area contributed by atoms with Gasteiger partial charge in [-0.15, -0.1) is 0 Å². The van der Waals surface area contributed by atoms with E-state index in [4.69, 9.17) is 27.9 Å². The summed E-state index contributed by atoms with van der Waals surface area (Å²) in [7, 11) is 0. The fraction of sp³-hybridized carbons (Fsp3) is 0.222. The lowest BCUT2D eigenvalue weighted by Gasteiger charge is -2.08. The van der Waals surface area contributed by atoms with Crippen LogP contribution in [0.15, 0.2) is 12.3 Å². The molecule has 1 aromatic heterocycles. The van der Waals surface area contributed by atoms with Gasteiger partial charge in [-0.25, -0.2) is 4.98 Å². The standard InChI is InChI=1S/C9H7ClN4/c10-9-3-6(4-12)7(5-14-9)8(13)1-2-11/h3,5,8H,1,13H2/t8-/m0/s1. The number of pyridine rings is 1. The fourth-order valence-corrected chi connectivity index (χ4v) is 1.20. The number of nitrogens with zero attached hydrogens (tertiary/aromatic N) is 3. The summed E-state index contributed by atoms with van der Waals surface area (Å²) in [5, 5.41) is 17.5. The highest BCUT2D eigenvalue weighted by Crippen LogP contribution is 2.19. The molecule has 0 bridgehead atoms. The average molecular weight is 207 g/mol. The molecular formula is C9H7ClN4. The highest BCUT2D eigenvalue weighted by Gasteiger charge is 2.11. The minimum Gasteiger partial charge on any atom is -0.323 e. The van der Waals surface area contributed by atoms with Crippen molar-refractivity contribution in [1.29, 1.82) is 10.5 Å². The first-order valence-corrected chi connectivity index (χ1v) is 4.25. The molecule has 1 atom stereocenters. The Labute approximate surface area is 86.5 Å². The van der Waals surface area contributed by atoms with Crippen molar-refractivity contribution in [2.24, 2.45) is 5.73 Å². The van der Waals surface area contributed by atoms with Crippen LogP contribution >= 0.6 is 11.6 Å². The smallest absolute Gasteiger partial charge is 0.130 e. The van der Waals surface area contributed by atoms with Crippen molar-refractivity contribution in [3.05, 3.63) is 28.5 Å². The molecular weight excluding hydrogens is 200 g/mol. The fourth-order valence-electron chi connectivity index (χ4n) is 1.04. The Morgan fingerprint density at radius 3 is 2.86 bits per heavy atom. The van der Waals surface area contributed by atoms with Crippen LogP contribution in [0.2, 0.25) is 5.15 Å². The number of aromatic nitrogens is 1. The first-order valence-electron chi connectivity index (χ1n) is 3.87. The van der Waals surface area contributed by atoms with Crippen LogP contribution < -0.4 is 5.73 Å². The largest absolute Gasteiger partial charge is 0.323 e. The molecule has 4 nitrogen and oxygen atoms in total. The molecule has 1 rings (SSSR count). The lowest BCUT2D eigenvalue weighted by Crippen LogP contribution is -2.11. The molecule has 5 heteroatoms. The third kappa shape index (κ3) is 2.20. The predicted octanol–water partition coefficient (Wildman–Crippen LogP) is 1.52. The van der Waals surface area contributed by atoms with Gasteiger partial charge in [0.05, 0.1) is 24.1 Å². The van der Waals surface area contributed by atoms with Crippen molar-refractivity contribution >= 4 is 11.6 Å². The van der Waals surface area contributed by atoms with Crippen LogP contribution in [-0.2, 0) is 0 Å². The van der Waals surface area contributed by atoms with Gasteiger partial charge >= 0.3 is 0 Å². The molecule has 0 aliphatic heterocycles. The predicted molar refractivity (Wildman–Crippen MR) is 51.1 cm³/mol. The van der Waals surface area contributed by atoms with E-state index in [-0.39, 0.29) is 11.6 Å². The van der Waals surface area contributed by atoms with Gasteiger partial charge in [-0.05, 0) is 6.07 Å². The number of hydrogen-bond donors (Lipinski definition) is 1. The normalized spacial score (nSPS) is 11.4. The molecule has 0 saturated heterocycles. The number of hydrogen-bond acceptors (Lipinski definition) is 4. The zero-order valence-electron chi connectivity index (χ0n) is 7.24. The highest BCUT2D eigenvalue weighted by molar-refractivity contribution is 6.29. The topological polar surface area (TPSA) is 86.5 Å². The molecule has 2 N–H and O–H groups in total. The van der Waals surface area contributed by atoms with Crippen molar-refractivity contribution in [3.63, 3.8) is 0 Å². The Bertz CT molecular complexity index is 416. The first kappa shape index (κ1) is 10.5. The van der Waals surface area contributed by atoms with Gasteiger partial charge in [0.1, 0.15) is 5.15 Å². The van der Waals surface area contributed by atoms with Crippen LogP contribution in [0.5, 0.6) is 0 Å². The summed E-state index contributed by atoms with van der Waals surface area (Å²) in [6.45, 7) is 0. The van der Waals surface area contributed by atoms with Crippen molar-refractivity contribution in [3.8, 4) is 12.1 Å². The quantitative estimate of drug-likeness (QED) is 0.744. The molecule has 0 aliphatic carbocycles. The van der Waals surface area contributed by atoms with E-state index in [1.54, 1.807) is 0 Å². The second-order valence-corrected chi connectivity index (χ2v) is 3.06. The Hall–Kier alpha value is -1.62. The number of nitriles is 2. The second-order valence-electron chi connectivity index (χ2n) is 2.67. The van der Waals surface area contributed by atoms with Gasteiger partial charge in [-0.3, -0.25) is 0 Å². The van der Waals surface area contributed by atoms with Crippen LogP contribution in [0.3, 0.4) is 0 Å². The van der Waals surface area contributed by atoms with E-state index in [0.717, 1.165) is 0 Å². The highest BCUT2D eigenvalue weighted by atomic mass is 35.5. The maximum atomic E-state index is 8.79. The van der Waals surface area contributed by atoms with E-state index in [2.05, 4.69) is 4.98 Å². The molecule has 0 aromatic carbocycles. The monoisotopic (exact) mass is 206 g/mol.